The highest BCUT2D eigenvalue weighted by atomic mass is 32.2. The summed E-state index contributed by atoms with van der Waals surface area (Å²) in [6.07, 6.45) is -5.64. The Kier molecular flexibility index (Phi) is 11.4. The van der Waals surface area contributed by atoms with Crippen molar-refractivity contribution < 1.29 is 39.7 Å². The standard InChI is InChI=1S/C24H21F7N4OS.C4H8O/c1-13-6-16(25)4-5-18(13)21-19(10-32)22(34-12-37(3)36)33-11-20(21)35(2)17-8-14(23(26,27)28)7-15(9-17)24(29,30)31;1-4(2)3-5/h4-11,32H,12H2,1-3H3,(H,33,34);3-4H,1-2H3. The lowest BCUT2D eigenvalue weighted by Crippen LogP contribution is -2.18. The molecule has 2 aromatic carbocycles. The molecule has 0 aliphatic carbocycles. The first-order chi connectivity index (χ1) is 19.4. The molecular formula is C28H29F7N4O2S. The van der Waals surface area contributed by atoms with E-state index in [1.54, 1.807) is 6.92 Å². The van der Waals surface area contributed by atoms with E-state index in [2.05, 4.69) is 10.3 Å². The molecule has 14 heteroatoms. The van der Waals surface area contributed by atoms with Gasteiger partial charge in [0.25, 0.3) is 0 Å². The largest absolute Gasteiger partial charge is 0.416 e. The van der Waals surface area contributed by atoms with E-state index >= 15 is 0 Å². The van der Waals surface area contributed by atoms with E-state index in [1.165, 1.54) is 31.6 Å². The van der Waals surface area contributed by atoms with Crippen molar-refractivity contribution in [1.82, 2.24) is 4.98 Å². The summed E-state index contributed by atoms with van der Waals surface area (Å²) in [6, 6.07) is 4.91. The summed E-state index contributed by atoms with van der Waals surface area (Å²) < 4.78 is 106. The summed E-state index contributed by atoms with van der Waals surface area (Å²) in [5, 5.41) is 10.8. The van der Waals surface area contributed by atoms with Crippen LogP contribution in [0.5, 0.6) is 0 Å². The molecule has 0 saturated carbocycles. The van der Waals surface area contributed by atoms with Gasteiger partial charge in [0.15, 0.2) is 0 Å². The Morgan fingerprint density at radius 1 is 1.05 bits per heavy atom. The van der Waals surface area contributed by atoms with Crippen LogP contribution in [-0.4, -0.2) is 40.9 Å². The molecule has 0 fully saturated rings. The normalized spacial score (nSPS) is 12.3. The third kappa shape index (κ3) is 8.84. The van der Waals surface area contributed by atoms with Crippen LogP contribution >= 0.6 is 0 Å². The summed E-state index contributed by atoms with van der Waals surface area (Å²) in [4.78, 5) is 14.8. The maximum absolute atomic E-state index is 13.8. The smallest absolute Gasteiger partial charge is 0.358 e. The molecule has 1 heterocycles. The molecule has 1 atom stereocenters. The van der Waals surface area contributed by atoms with Crippen molar-refractivity contribution in [1.29, 1.82) is 5.41 Å². The second-order valence-corrected chi connectivity index (χ2v) is 10.9. The second-order valence-electron chi connectivity index (χ2n) is 9.48. The number of hydrogen-bond donors (Lipinski definition) is 2. The second kappa shape index (κ2) is 13.9. The van der Waals surface area contributed by atoms with Gasteiger partial charge in [-0.25, -0.2) is 9.37 Å². The van der Waals surface area contributed by atoms with Crippen LogP contribution in [0.3, 0.4) is 0 Å². The fourth-order valence-corrected chi connectivity index (χ4v) is 4.02. The quantitative estimate of drug-likeness (QED) is 0.154. The predicted octanol–water partition coefficient (Wildman–Crippen LogP) is 7.59. The number of benzene rings is 2. The Balaban J connectivity index is 0.00000113. The highest BCUT2D eigenvalue weighted by molar-refractivity contribution is 7.84. The van der Waals surface area contributed by atoms with Gasteiger partial charge < -0.3 is 20.4 Å². The minimum Gasteiger partial charge on any atom is -0.358 e. The maximum atomic E-state index is 13.8. The lowest BCUT2D eigenvalue weighted by molar-refractivity contribution is -0.143. The number of carbonyl (C=O) groups is 1. The third-order valence-corrected chi connectivity index (χ3v) is 6.29. The maximum Gasteiger partial charge on any atom is 0.416 e. The van der Waals surface area contributed by atoms with Crippen LogP contribution in [0.15, 0.2) is 42.6 Å². The fraction of sp³-hybridized carbons (Fsp3) is 0.321. The zero-order valence-corrected chi connectivity index (χ0v) is 24.1. The highest BCUT2D eigenvalue weighted by Gasteiger charge is 2.37. The number of nitrogens with one attached hydrogen (secondary N) is 2. The van der Waals surface area contributed by atoms with E-state index in [1.807, 2.05) is 13.8 Å². The SMILES string of the molecule is CC(C)C=O.Cc1cc(F)ccc1-c1c(N(C)c2cc(C(F)(F)F)cc(C(F)(F)F)c2)cnc(NCS(C)=O)c1C=N. The highest BCUT2D eigenvalue weighted by Crippen LogP contribution is 2.43. The van der Waals surface area contributed by atoms with Crippen LogP contribution < -0.4 is 10.2 Å². The molecule has 0 radical (unpaired) electrons. The van der Waals surface area contributed by atoms with E-state index in [9.17, 15) is 39.7 Å². The first-order valence-electron chi connectivity index (χ1n) is 12.2. The van der Waals surface area contributed by atoms with Crippen molar-refractivity contribution in [2.75, 3.05) is 29.4 Å². The summed E-state index contributed by atoms with van der Waals surface area (Å²) in [5.74, 6) is -0.280. The minimum atomic E-state index is -5.05. The number of aromatic nitrogens is 1. The van der Waals surface area contributed by atoms with E-state index in [0.29, 0.717) is 23.3 Å². The molecule has 0 bridgehead atoms. The predicted molar refractivity (Wildman–Crippen MR) is 150 cm³/mol. The number of pyridine rings is 1. The van der Waals surface area contributed by atoms with Crippen molar-refractivity contribution >= 4 is 40.5 Å². The van der Waals surface area contributed by atoms with E-state index in [-0.39, 0.29) is 40.5 Å². The van der Waals surface area contributed by atoms with Crippen molar-refractivity contribution in [2.45, 2.75) is 33.1 Å². The molecule has 1 aromatic heterocycles. The van der Waals surface area contributed by atoms with E-state index in [4.69, 9.17) is 5.41 Å². The molecule has 0 spiro atoms. The Morgan fingerprint density at radius 2 is 1.60 bits per heavy atom. The Morgan fingerprint density at radius 3 is 2.02 bits per heavy atom. The van der Waals surface area contributed by atoms with Crippen molar-refractivity contribution in [3.05, 3.63) is 70.7 Å². The van der Waals surface area contributed by atoms with Gasteiger partial charge in [-0.1, -0.05) is 19.9 Å². The fourth-order valence-electron chi connectivity index (χ4n) is 3.68. The minimum absolute atomic E-state index is 0.0293. The summed E-state index contributed by atoms with van der Waals surface area (Å²) in [6.45, 7) is 5.27. The average Bonchev–Trinajstić information content (AvgIpc) is 2.90. The molecule has 1 unspecified atom stereocenters. The summed E-state index contributed by atoms with van der Waals surface area (Å²) in [7, 11) is -0.0396. The van der Waals surface area contributed by atoms with Gasteiger partial charge in [0.2, 0.25) is 0 Å². The zero-order chi connectivity index (χ0) is 32.0. The third-order valence-electron chi connectivity index (χ3n) is 5.73. The Bertz CT molecular complexity index is 1430. The van der Waals surface area contributed by atoms with Gasteiger partial charge in [-0.15, -0.1) is 0 Å². The number of aryl methyl sites for hydroxylation is 1. The van der Waals surface area contributed by atoms with Crippen LogP contribution in [0, 0.1) is 24.1 Å². The van der Waals surface area contributed by atoms with Crippen LogP contribution in [0.1, 0.15) is 36.1 Å². The van der Waals surface area contributed by atoms with Crippen LogP contribution in [0.4, 0.5) is 47.9 Å². The molecule has 0 aliphatic heterocycles. The molecule has 228 valence electrons. The Hall–Kier alpha value is -3.81. The molecule has 6 nitrogen and oxygen atoms in total. The number of anilines is 3. The van der Waals surface area contributed by atoms with Crippen molar-refractivity contribution in [3.8, 4) is 11.1 Å². The monoisotopic (exact) mass is 618 g/mol. The van der Waals surface area contributed by atoms with Gasteiger partial charge >= 0.3 is 12.4 Å². The molecule has 0 saturated heterocycles. The molecule has 0 aliphatic rings. The summed E-state index contributed by atoms with van der Waals surface area (Å²) in [5.41, 5.74) is -2.27. The van der Waals surface area contributed by atoms with Gasteiger partial charge in [-0.2, -0.15) is 26.3 Å². The number of carbonyl (C=O) groups excluding carboxylic acids is 1. The van der Waals surface area contributed by atoms with E-state index in [0.717, 1.165) is 23.5 Å². The molecule has 3 aromatic rings. The number of nitrogens with zero attached hydrogens (tertiary/aromatic N) is 2. The number of halogens is 7. The first kappa shape index (κ1) is 34.4. The van der Waals surface area contributed by atoms with Gasteiger partial charge in [-0.05, 0) is 48.4 Å². The molecular weight excluding hydrogens is 589 g/mol. The number of hydrogen-bond acceptors (Lipinski definition) is 6. The first-order valence-corrected chi connectivity index (χ1v) is 14.0. The number of rotatable bonds is 8. The van der Waals surface area contributed by atoms with Crippen molar-refractivity contribution in [2.24, 2.45) is 5.92 Å². The lowest BCUT2D eigenvalue weighted by Gasteiger charge is -2.27. The zero-order valence-electron chi connectivity index (χ0n) is 23.2. The molecule has 2 N–H and O–H groups in total. The topological polar surface area (TPSA) is 86.2 Å². The average molecular weight is 619 g/mol. The van der Waals surface area contributed by atoms with Gasteiger partial charge in [0.1, 0.15) is 17.9 Å². The van der Waals surface area contributed by atoms with Gasteiger partial charge in [0.05, 0.1) is 28.9 Å². The Labute approximate surface area is 240 Å². The van der Waals surface area contributed by atoms with Crippen LogP contribution in [0.25, 0.3) is 11.1 Å². The molecule has 3 rings (SSSR count). The molecule has 42 heavy (non-hydrogen) atoms. The van der Waals surface area contributed by atoms with Gasteiger partial charge in [0, 0.05) is 53.0 Å². The van der Waals surface area contributed by atoms with Crippen LogP contribution in [-0.2, 0) is 27.9 Å². The van der Waals surface area contributed by atoms with Crippen LogP contribution in [0.2, 0.25) is 0 Å². The van der Waals surface area contributed by atoms with E-state index < -0.39 is 45.8 Å². The summed E-state index contributed by atoms with van der Waals surface area (Å²) >= 11 is 0. The lowest BCUT2D eigenvalue weighted by atomic mass is 9.94. The van der Waals surface area contributed by atoms with Crippen molar-refractivity contribution in [3.63, 3.8) is 0 Å². The van der Waals surface area contributed by atoms with Gasteiger partial charge in [-0.3, -0.25) is 4.21 Å². The number of aldehydes is 1. The number of alkyl halides is 6. The molecule has 0 amide bonds.